The summed E-state index contributed by atoms with van der Waals surface area (Å²) in [5, 5.41) is 20.1. The van der Waals surface area contributed by atoms with Crippen molar-refractivity contribution in [2.45, 2.75) is 32.2 Å². The summed E-state index contributed by atoms with van der Waals surface area (Å²) < 4.78 is 5.53. The summed E-state index contributed by atoms with van der Waals surface area (Å²) in [5.41, 5.74) is 0.782. The van der Waals surface area contributed by atoms with Crippen molar-refractivity contribution in [1.29, 1.82) is 0 Å². The van der Waals surface area contributed by atoms with Crippen LogP contribution in [0.25, 0.3) is 11.5 Å². The second-order valence-corrected chi connectivity index (χ2v) is 5.43. The highest BCUT2D eigenvalue weighted by Crippen LogP contribution is 2.20. The van der Waals surface area contributed by atoms with Crippen LogP contribution in [0.4, 0.5) is 0 Å². The smallest absolute Gasteiger partial charge is 0.247 e. The predicted molar refractivity (Wildman–Crippen MR) is 82.4 cm³/mol. The van der Waals surface area contributed by atoms with Crippen molar-refractivity contribution in [3.63, 3.8) is 0 Å². The Kier molecular flexibility index (Phi) is 5.91. The summed E-state index contributed by atoms with van der Waals surface area (Å²) in [6.07, 6.45) is 1.17. The summed E-state index contributed by atoms with van der Waals surface area (Å²) in [5.74, 6) is 0.711. The van der Waals surface area contributed by atoms with Crippen LogP contribution in [0, 0.1) is 0 Å². The number of rotatable bonds is 7. The molecule has 1 heterocycles. The number of benzene rings is 1. The molecular formula is C15H18ClN3O3. The third-order valence-corrected chi connectivity index (χ3v) is 3.35. The van der Waals surface area contributed by atoms with Crippen molar-refractivity contribution in [2.75, 3.05) is 6.61 Å². The molecule has 0 aliphatic heterocycles. The normalized spacial score (nSPS) is 12.1. The molecule has 1 amide bonds. The van der Waals surface area contributed by atoms with Gasteiger partial charge in [0.25, 0.3) is 0 Å². The third-order valence-electron chi connectivity index (χ3n) is 3.09. The minimum Gasteiger partial charge on any atom is -0.421 e. The number of halogens is 1. The van der Waals surface area contributed by atoms with E-state index in [0.717, 1.165) is 5.56 Å². The zero-order valence-corrected chi connectivity index (χ0v) is 13.0. The van der Waals surface area contributed by atoms with Crippen LogP contribution in [0.2, 0.25) is 5.02 Å². The van der Waals surface area contributed by atoms with Gasteiger partial charge < -0.3 is 14.8 Å². The maximum atomic E-state index is 11.7. The Balaban J connectivity index is 1.87. The number of hydrogen-bond donors (Lipinski definition) is 2. The highest BCUT2D eigenvalue weighted by molar-refractivity contribution is 6.30. The first-order valence-electron chi connectivity index (χ1n) is 7.07. The number of carbonyl (C=O) groups is 1. The molecule has 2 aromatic rings. The zero-order valence-electron chi connectivity index (χ0n) is 12.3. The molecule has 1 atom stereocenters. The van der Waals surface area contributed by atoms with Gasteiger partial charge in [-0.15, -0.1) is 10.2 Å². The first kappa shape index (κ1) is 16.5. The fourth-order valence-corrected chi connectivity index (χ4v) is 2.02. The molecule has 0 saturated heterocycles. The first-order valence-corrected chi connectivity index (χ1v) is 7.45. The van der Waals surface area contributed by atoms with Gasteiger partial charge in [-0.2, -0.15) is 0 Å². The highest BCUT2D eigenvalue weighted by Gasteiger charge is 2.12. The lowest BCUT2D eigenvalue weighted by molar-refractivity contribution is -0.121. The molecule has 0 aliphatic carbocycles. The number of hydrogen-bond acceptors (Lipinski definition) is 5. The van der Waals surface area contributed by atoms with Gasteiger partial charge in [0, 0.05) is 36.1 Å². The summed E-state index contributed by atoms with van der Waals surface area (Å²) in [7, 11) is 0. The zero-order chi connectivity index (χ0) is 15.9. The lowest BCUT2D eigenvalue weighted by Gasteiger charge is -2.11. The highest BCUT2D eigenvalue weighted by atomic mass is 35.5. The average Bonchev–Trinajstić information content (AvgIpc) is 2.95. The van der Waals surface area contributed by atoms with Crippen LogP contribution >= 0.6 is 11.6 Å². The van der Waals surface area contributed by atoms with Crippen molar-refractivity contribution in [2.24, 2.45) is 0 Å². The molecule has 0 radical (unpaired) electrons. The van der Waals surface area contributed by atoms with Gasteiger partial charge in [0.05, 0.1) is 0 Å². The topological polar surface area (TPSA) is 88.2 Å². The molecule has 0 aliphatic rings. The van der Waals surface area contributed by atoms with Crippen LogP contribution in [0.1, 0.15) is 25.7 Å². The van der Waals surface area contributed by atoms with E-state index in [2.05, 4.69) is 15.5 Å². The molecular weight excluding hydrogens is 306 g/mol. The molecule has 7 heteroatoms. The molecule has 0 fully saturated rings. The van der Waals surface area contributed by atoms with Crippen LogP contribution in [-0.2, 0) is 11.2 Å². The van der Waals surface area contributed by atoms with E-state index in [0.29, 0.717) is 29.6 Å². The van der Waals surface area contributed by atoms with Crippen LogP contribution in [-0.4, -0.2) is 33.9 Å². The Morgan fingerprint density at radius 1 is 1.36 bits per heavy atom. The Labute approximate surface area is 133 Å². The van der Waals surface area contributed by atoms with Gasteiger partial charge in [0.1, 0.15) is 0 Å². The summed E-state index contributed by atoms with van der Waals surface area (Å²) in [6, 6.07) is 7.03. The van der Waals surface area contributed by atoms with Crippen LogP contribution in [0.5, 0.6) is 0 Å². The first-order chi connectivity index (χ1) is 10.6. The van der Waals surface area contributed by atoms with E-state index in [9.17, 15) is 4.79 Å². The van der Waals surface area contributed by atoms with E-state index in [-0.39, 0.29) is 25.0 Å². The van der Waals surface area contributed by atoms with Gasteiger partial charge in [0.2, 0.25) is 17.7 Å². The molecule has 1 aromatic heterocycles. The Hall–Kier alpha value is -1.92. The molecule has 0 bridgehead atoms. The second-order valence-electron chi connectivity index (χ2n) is 4.99. The van der Waals surface area contributed by atoms with Crippen LogP contribution in [0.3, 0.4) is 0 Å². The van der Waals surface area contributed by atoms with Crippen LogP contribution < -0.4 is 5.32 Å². The maximum Gasteiger partial charge on any atom is 0.247 e. The molecule has 6 nitrogen and oxygen atoms in total. The molecule has 22 heavy (non-hydrogen) atoms. The van der Waals surface area contributed by atoms with Crippen LogP contribution in [0.15, 0.2) is 28.7 Å². The lowest BCUT2D eigenvalue weighted by atomic mass is 10.2. The van der Waals surface area contributed by atoms with Gasteiger partial charge >= 0.3 is 0 Å². The fraction of sp³-hybridized carbons (Fsp3) is 0.400. The van der Waals surface area contributed by atoms with Crippen molar-refractivity contribution < 1.29 is 14.3 Å². The van der Waals surface area contributed by atoms with E-state index >= 15 is 0 Å². The number of aromatic nitrogens is 2. The standard InChI is InChI=1S/C15H18ClN3O3/c1-10(8-9-20)17-13(21)6-7-14-18-19-15(22-14)11-2-4-12(16)5-3-11/h2-5,10,20H,6-9H2,1H3,(H,17,21). The van der Waals surface area contributed by atoms with Gasteiger partial charge in [-0.25, -0.2) is 0 Å². The minimum absolute atomic E-state index is 0.0511. The monoisotopic (exact) mass is 323 g/mol. The fourth-order valence-electron chi connectivity index (χ4n) is 1.90. The van der Waals surface area contributed by atoms with Crippen molar-refractivity contribution >= 4 is 17.5 Å². The SMILES string of the molecule is CC(CCO)NC(=O)CCc1nnc(-c2ccc(Cl)cc2)o1. The minimum atomic E-state index is -0.104. The average molecular weight is 324 g/mol. The quantitative estimate of drug-likeness (QED) is 0.815. The summed E-state index contributed by atoms with van der Waals surface area (Å²) in [6.45, 7) is 1.90. The van der Waals surface area contributed by atoms with Gasteiger partial charge in [-0.1, -0.05) is 11.6 Å². The van der Waals surface area contributed by atoms with E-state index in [4.69, 9.17) is 21.1 Å². The van der Waals surface area contributed by atoms with Gasteiger partial charge in [-0.3, -0.25) is 4.79 Å². The maximum absolute atomic E-state index is 11.7. The van der Waals surface area contributed by atoms with E-state index in [1.165, 1.54) is 0 Å². The molecule has 1 aromatic carbocycles. The molecule has 118 valence electrons. The number of aryl methyl sites for hydroxylation is 1. The third kappa shape index (κ3) is 4.82. The Bertz CT molecular complexity index is 613. The number of aliphatic hydroxyl groups is 1. The lowest BCUT2D eigenvalue weighted by Crippen LogP contribution is -2.33. The number of amides is 1. The number of carbonyl (C=O) groups excluding carboxylic acids is 1. The Morgan fingerprint density at radius 2 is 2.09 bits per heavy atom. The van der Waals surface area contributed by atoms with Crippen molar-refractivity contribution in [3.05, 3.63) is 35.2 Å². The largest absolute Gasteiger partial charge is 0.421 e. The number of nitrogens with zero attached hydrogens (tertiary/aromatic N) is 2. The van der Waals surface area contributed by atoms with Crippen molar-refractivity contribution in [1.82, 2.24) is 15.5 Å². The Morgan fingerprint density at radius 3 is 2.77 bits per heavy atom. The molecule has 1 unspecified atom stereocenters. The van der Waals surface area contributed by atoms with E-state index < -0.39 is 0 Å². The number of nitrogens with one attached hydrogen (secondary N) is 1. The number of aliphatic hydroxyl groups excluding tert-OH is 1. The van der Waals surface area contributed by atoms with Gasteiger partial charge in [-0.05, 0) is 37.6 Å². The molecule has 2 rings (SSSR count). The second kappa shape index (κ2) is 7.91. The van der Waals surface area contributed by atoms with Crippen molar-refractivity contribution in [3.8, 4) is 11.5 Å². The van der Waals surface area contributed by atoms with Gasteiger partial charge in [0.15, 0.2) is 0 Å². The molecule has 2 N–H and O–H groups in total. The molecule has 0 spiro atoms. The molecule has 0 saturated carbocycles. The predicted octanol–water partition coefficient (Wildman–Crippen LogP) is 2.21. The van der Waals surface area contributed by atoms with E-state index in [1.807, 2.05) is 6.92 Å². The summed E-state index contributed by atoms with van der Waals surface area (Å²) in [4.78, 5) is 11.7. The summed E-state index contributed by atoms with van der Waals surface area (Å²) >= 11 is 5.83. The van der Waals surface area contributed by atoms with E-state index in [1.54, 1.807) is 24.3 Å².